The third-order valence-corrected chi connectivity index (χ3v) is 5.22. The molecule has 0 spiro atoms. The molecule has 0 N–H and O–H groups in total. The van der Waals surface area contributed by atoms with E-state index in [9.17, 15) is 0 Å². The van der Waals surface area contributed by atoms with E-state index in [1.54, 1.807) is 0 Å². The Morgan fingerprint density at radius 3 is 2.32 bits per heavy atom. The van der Waals surface area contributed by atoms with E-state index in [2.05, 4.69) is 67.6 Å². The molecule has 1 heterocycles. The van der Waals surface area contributed by atoms with Crippen LogP contribution in [0.25, 0.3) is 32.6 Å². The molecule has 0 saturated heterocycles. The third kappa shape index (κ3) is 3.11. The van der Waals surface area contributed by atoms with Gasteiger partial charge in [0.1, 0.15) is 0 Å². The van der Waals surface area contributed by atoms with Crippen LogP contribution in [0.3, 0.4) is 0 Å². The average molecular weight is 327 g/mol. The minimum absolute atomic E-state index is 1.12. The highest BCUT2D eigenvalue weighted by Crippen LogP contribution is 2.32. The third-order valence-electron chi connectivity index (χ3n) is 5.22. The van der Waals surface area contributed by atoms with Crippen molar-refractivity contribution in [2.24, 2.45) is 0 Å². The van der Waals surface area contributed by atoms with Crippen LogP contribution in [-0.2, 0) is 6.42 Å². The van der Waals surface area contributed by atoms with Crippen molar-refractivity contribution in [1.82, 2.24) is 4.98 Å². The van der Waals surface area contributed by atoms with Crippen molar-refractivity contribution in [1.29, 1.82) is 0 Å². The summed E-state index contributed by atoms with van der Waals surface area (Å²) in [5.41, 5.74) is 3.75. The lowest BCUT2D eigenvalue weighted by molar-refractivity contribution is 0.634. The van der Waals surface area contributed by atoms with E-state index in [4.69, 9.17) is 4.98 Å². The number of pyridine rings is 1. The SMILES string of the molecule is CCCCCCCc1c2ccccc2nc2c1ccc1ccccc12. The van der Waals surface area contributed by atoms with Gasteiger partial charge in [0, 0.05) is 16.2 Å². The Morgan fingerprint density at radius 2 is 1.44 bits per heavy atom. The van der Waals surface area contributed by atoms with E-state index in [1.807, 2.05) is 0 Å². The fourth-order valence-corrected chi connectivity index (χ4v) is 3.89. The van der Waals surface area contributed by atoms with E-state index in [1.165, 1.54) is 59.2 Å². The highest BCUT2D eigenvalue weighted by Gasteiger charge is 2.11. The molecule has 126 valence electrons. The summed E-state index contributed by atoms with van der Waals surface area (Å²) < 4.78 is 0. The summed E-state index contributed by atoms with van der Waals surface area (Å²) in [7, 11) is 0. The summed E-state index contributed by atoms with van der Waals surface area (Å²) in [5.74, 6) is 0. The number of aromatic nitrogens is 1. The van der Waals surface area contributed by atoms with E-state index >= 15 is 0 Å². The molecule has 0 aliphatic carbocycles. The Kier molecular flexibility index (Phi) is 4.65. The van der Waals surface area contributed by atoms with Crippen molar-refractivity contribution < 1.29 is 0 Å². The first-order chi connectivity index (χ1) is 12.4. The zero-order valence-electron chi connectivity index (χ0n) is 15.0. The number of benzene rings is 3. The topological polar surface area (TPSA) is 12.9 Å². The van der Waals surface area contributed by atoms with Gasteiger partial charge in [-0.1, -0.05) is 87.2 Å². The molecule has 1 nitrogen and oxygen atoms in total. The van der Waals surface area contributed by atoms with E-state index in [0.717, 1.165) is 17.5 Å². The van der Waals surface area contributed by atoms with Gasteiger partial charge in [0.2, 0.25) is 0 Å². The molecule has 3 aromatic carbocycles. The molecular formula is C24H25N. The first kappa shape index (κ1) is 16.1. The van der Waals surface area contributed by atoms with Crippen LogP contribution in [0, 0.1) is 0 Å². The number of hydrogen-bond acceptors (Lipinski definition) is 1. The predicted molar refractivity (Wildman–Crippen MR) is 109 cm³/mol. The van der Waals surface area contributed by atoms with Crippen molar-refractivity contribution in [3.05, 3.63) is 66.2 Å². The van der Waals surface area contributed by atoms with Gasteiger partial charge in [-0.2, -0.15) is 0 Å². The van der Waals surface area contributed by atoms with Gasteiger partial charge in [0.25, 0.3) is 0 Å². The van der Waals surface area contributed by atoms with Gasteiger partial charge >= 0.3 is 0 Å². The zero-order chi connectivity index (χ0) is 17.1. The molecule has 25 heavy (non-hydrogen) atoms. The number of nitrogens with zero attached hydrogens (tertiary/aromatic N) is 1. The van der Waals surface area contributed by atoms with Gasteiger partial charge in [0.05, 0.1) is 11.0 Å². The maximum Gasteiger partial charge on any atom is 0.0790 e. The highest BCUT2D eigenvalue weighted by atomic mass is 14.7. The molecule has 0 atom stereocenters. The normalized spacial score (nSPS) is 11.6. The van der Waals surface area contributed by atoms with Crippen LogP contribution in [-0.4, -0.2) is 4.98 Å². The van der Waals surface area contributed by atoms with Gasteiger partial charge in [0.15, 0.2) is 0 Å². The van der Waals surface area contributed by atoms with Crippen LogP contribution in [0.2, 0.25) is 0 Å². The molecule has 0 radical (unpaired) electrons. The first-order valence-electron chi connectivity index (χ1n) is 9.57. The second-order valence-electron chi connectivity index (χ2n) is 6.95. The Balaban J connectivity index is 1.85. The molecule has 0 bridgehead atoms. The Bertz CT molecular complexity index is 1020. The molecule has 0 amide bonds. The molecule has 1 aromatic heterocycles. The largest absolute Gasteiger partial charge is 0.247 e. The average Bonchev–Trinajstić information content (AvgIpc) is 2.67. The molecule has 4 rings (SSSR count). The number of para-hydroxylation sites is 1. The lowest BCUT2D eigenvalue weighted by Crippen LogP contribution is -1.94. The summed E-state index contributed by atoms with van der Waals surface area (Å²) in [4.78, 5) is 5.02. The molecular weight excluding hydrogens is 302 g/mol. The Hall–Kier alpha value is -2.41. The number of unbranched alkanes of at least 4 members (excludes halogenated alkanes) is 4. The smallest absolute Gasteiger partial charge is 0.0790 e. The summed E-state index contributed by atoms with van der Waals surface area (Å²) in [6.45, 7) is 2.27. The summed E-state index contributed by atoms with van der Waals surface area (Å²) in [6.07, 6.45) is 7.72. The van der Waals surface area contributed by atoms with Crippen molar-refractivity contribution in [3.63, 3.8) is 0 Å². The Morgan fingerprint density at radius 1 is 0.680 bits per heavy atom. The van der Waals surface area contributed by atoms with Crippen molar-refractivity contribution in [2.45, 2.75) is 45.4 Å². The monoisotopic (exact) mass is 327 g/mol. The van der Waals surface area contributed by atoms with Gasteiger partial charge in [-0.05, 0) is 29.9 Å². The minimum atomic E-state index is 1.12. The fraction of sp³-hybridized carbons (Fsp3) is 0.292. The molecule has 0 aliphatic rings. The first-order valence-corrected chi connectivity index (χ1v) is 9.57. The summed E-state index contributed by atoms with van der Waals surface area (Å²) >= 11 is 0. The van der Waals surface area contributed by atoms with Crippen molar-refractivity contribution >= 4 is 32.6 Å². The van der Waals surface area contributed by atoms with Gasteiger partial charge in [-0.15, -0.1) is 0 Å². The highest BCUT2D eigenvalue weighted by molar-refractivity contribution is 6.10. The van der Waals surface area contributed by atoms with E-state index in [0.29, 0.717) is 0 Å². The quantitative estimate of drug-likeness (QED) is 0.210. The number of rotatable bonds is 6. The second-order valence-corrected chi connectivity index (χ2v) is 6.95. The van der Waals surface area contributed by atoms with Crippen LogP contribution in [0.15, 0.2) is 60.7 Å². The number of fused-ring (bicyclic) bond motifs is 4. The number of aryl methyl sites for hydroxylation is 1. The maximum absolute atomic E-state index is 5.02. The fourth-order valence-electron chi connectivity index (χ4n) is 3.89. The van der Waals surface area contributed by atoms with Crippen LogP contribution in [0.1, 0.15) is 44.6 Å². The molecule has 0 unspecified atom stereocenters. The van der Waals surface area contributed by atoms with E-state index < -0.39 is 0 Å². The molecule has 0 saturated carbocycles. The van der Waals surface area contributed by atoms with Gasteiger partial charge in [-0.25, -0.2) is 4.98 Å². The zero-order valence-corrected chi connectivity index (χ0v) is 15.0. The van der Waals surface area contributed by atoms with Crippen LogP contribution in [0.4, 0.5) is 0 Å². The predicted octanol–water partition coefficient (Wildman–Crippen LogP) is 7.05. The number of hydrogen-bond donors (Lipinski definition) is 0. The van der Waals surface area contributed by atoms with Crippen LogP contribution >= 0.6 is 0 Å². The molecule has 0 aliphatic heterocycles. The van der Waals surface area contributed by atoms with Crippen molar-refractivity contribution in [3.8, 4) is 0 Å². The van der Waals surface area contributed by atoms with E-state index in [-0.39, 0.29) is 0 Å². The Labute approximate surface area is 149 Å². The van der Waals surface area contributed by atoms with Gasteiger partial charge in [-0.3, -0.25) is 0 Å². The lowest BCUT2D eigenvalue weighted by atomic mass is 9.95. The van der Waals surface area contributed by atoms with Gasteiger partial charge < -0.3 is 0 Å². The molecule has 4 aromatic rings. The second kappa shape index (κ2) is 7.23. The molecule has 0 fully saturated rings. The standard InChI is InChI=1S/C24H25N/c1-2-3-4-5-6-13-20-21-14-9-10-15-23(21)25-24-19-12-8-7-11-18(19)16-17-22(20)24/h7-12,14-17H,2-6,13H2,1H3. The summed E-state index contributed by atoms with van der Waals surface area (Å²) in [5, 5.41) is 5.18. The molecule has 1 heteroatoms. The maximum atomic E-state index is 5.02. The van der Waals surface area contributed by atoms with Crippen LogP contribution < -0.4 is 0 Å². The summed E-state index contributed by atoms with van der Waals surface area (Å²) in [6, 6.07) is 21.7. The minimum Gasteiger partial charge on any atom is -0.247 e. The van der Waals surface area contributed by atoms with Crippen LogP contribution in [0.5, 0.6) is 0 Å². The van der Waals surface area contributed by atoms with Crippen molar-refractivity contribution in [2.75, 3.05) is 0 Å². The lowest BCUT2D eigenvalue weighted by Gasteiger charge is -2.12.